The number of benzene rings is 1. The molecule has 0 saturated carbocycles. The van der Waals surface area contributed by atoms with E-state index < -0.39 is 0 Å². The number of carbonyl (C=O) groups excluding carboxylic acids is 1. The van der Waals surface area contributed by atoms with E-state index in [0.29, 0.717) is 5.75 Å². The maximum absolute atomic E-state index is 11.4. The molecule has 0 fully saturated rings. The SMILES string of the molecule is COc1ccc(Br)cc1NCC(=O)OC(C)C. The van der Waals surface area contributed by atoms with E-state index in [1.165, 1.54) is 0 Å². The Kier molecular flexibility index (Phi) is 5.28. The van der Waals surface area contributed by atoms with Crippen LogP contribution in [0.5, 0.6) is 5.75 Å². The summed E-state index contributed by atoms with van der Waals surface area (Å²) in [6.45, 7) is 3.75. The van der Waals surface area contributed by atoms with Crippen LogP contribution >= 0.6 is 15.9 Å². The zero-order valence-electron chi connectivity index (χ0n) is 10.1. The third kappa shape index (κ3) is 4.65. The van der Waals surface area contributed by atoms with Gasteiger partial charge in [0, 0.05) is 4.47 Å². The van der Waals surface area contributed by atoms with Crippen molar-refractivity contribution in [3.05, 3.63) is 22.7 Å². The lowest BCUT2D eigenvalue weighted by Crippen LogP contribution is -2.20. The standard InChI is InChI=1S/C12H16BrNO3/c1-8(2)17-12(15)7-14-10-6-9(13)4-5-11(10)16-3/h4-6,8,14H,7H2,1-3H3. The first-order valence-electron chi connectivity index (χ1n) is 5.30. The molecule has 17 heavy (non-hydrogen) atoms. The molecule has 0 bridgehead atoms. The van der Waals surface area contributed by atoms with Crippen LogP contribution in [0.3, 0.4) is 0 Å². The molecule has 0 amide bonds. The summed E-state index contributed by atoms with van der Waals surface area (Å²) in [5.74, 6) is 0.396. The minimum atomic E-state index is -0.290. The average molecular weight is 302 g/mol. The molecule has 1 rings (SSSR count). The van der Waals surface area contributed by atoms with Gasteiger partial charge in [0.2, 0.25) is 0 Å². The molecule has 0 aliphatic heterocycles. The number of nitrogens with one attached hydrogen (secondary N) is 1. The van der Waals surface area contributed by atoms with Crippen molar-refractivity contribution in [2.75, 3.05) is 19.0 Å². The number of methoxy groups -OCH3 is 1. The van der Waals surface area contributed by atoms with Crippen LogP contribution in [0, 0.1) is 0 Å². The Labute approximate surface area is 109 Å². The monoisotopic (exact) mass is 301 g/mol. The lowest BCUT2D eigenvalue weighted by molar-refractivity contribution is -0.145. The summed E-state index contributed by atoms with van der Waals surface area (Å²) in [4.78, 5) is 11.4. The molecule has 0 saturated heterocycles. The Bertz CT molecular complexity index is 393. The van der Waals surface area contributed by atoms with Gasteiger partial charge in [-0.3, -0.25) is 4.79 Å². The summed E-state index contributed by atoms with van der Waals surface area (Å²) in [5, 5.41) is 2.98. The molecule has 1 aromatic rings. The molecule has 0 aliphatic carbocycles. The fourth-order valence-electron chi connectivity index (χ4n) is 1.29. The number of ether oxygens (including phenoxy) is 2. The fourth-order valence-corrected chi connectivity index (χ4v) is 1.65. The van der Waals surface area contributed by atoms with Gasteiger partial charge in [-0.05, 0) is 32.0 Å². The topological polar surface area (TPSA) is 47.6 Å². The van der Waals surface area contributed by atoms with Crippen LogP contribution in [-0.4, -0.2) is 25.7 Å². The molecule has 0 heterocycles. The van der Waals surface area contributed by atoms with Crippen LogP contribution in [-0.2, 0) is 9.53 Å². The van der Waals surface area contributed by atoms with Crippen molar-refractivity contribution < 1.29 is 14.3 Å². The fraction of sp³-hybridized carbons (Fsp3) is 0.417. The number of halogens is 1. The highest BCUT2D eigenvalue weighted by molar-refractivity contribution is 9.10. The van der Waals surface area contributed by atoms with Crippen molar-refractivity contribution in [1.82, 2.24) is 0 Å². The quantitative estimate of drug-likeness (QED) is 0.850. The molecule has 0 unspecified atom stereocenters. The Morgan fingerprint density at radius 3 is 2.76 bits per heavy atom. The zero-order valence-corrected chi connectivity index (χ0v) is 11.7. The van der Waals surface area contributed by atoms with E-state index in [1.54, 1.807) is 7.11 Å². The van der Waals surface area contributed by atoms with Gasteiger partial charge < -0.3 is 14.8 Å². The van der Waals surface area contributed by atoms with Crippen LogP contribution in [0.1, 0.15) is 13.8 Å². The second-order valence-corrected chi connectivity index (χ2v) is 4.65. The summed E-state index contributed by atoms with van der Waals surface area (Å²) in [7, 11) is 1.58. The van der Waals surface area contributed by atoms with Crippen LogP contribution in [0.2, 0.25) is 0 Å². The van der Waals surface area contributed by atoms with Crippen molar-refractivity contribution in [2.45, 2.75) is 20.0 Å². The molecule has 4 nitrogen and oxygen atoms in total. The van der Waals surface area contributed by atoms with Crippen molar-refractivity contribution in [1.29, 1.82) is 0 Å². The van der Waals surface area contributed by atoms with Gasteiger partial charge in [0.15, 0.2) is 0 Å². The second kappa shape index (κ2) is 6.49. The van der Waals surface area contributed by atoms with E-state index >= 15 is 0 Å². The van der Waals surface area contributed by atoms with E-state index in [0.717, 1.165) is 10.2 Å². The van der Waals surface area contributed by atoms with E-state index in [-0.39, 0.29) is 18.6 Å². The van der Waals surface area contributed by atoms with Gasteiger partial charge in [0.25, 0.3) is 0 Å². The number of hydrogen-bond donors (Lipinski definition) is 1. The summed E-state index contributed by atoms with van der Waals surface area (Å²) >= 11 is 3.36. The third-order valence-electron chi connectivity index (χ3n) is 1.95. The maximum atomic E-state index is 11.4. The predicted molar refractivity (Wildman–Crippen MR) is 70.4 cm³/mol. The summed E-state index contributed by atoms with van der Waals surface area (Å²) in [6, 6.07) is 5.54. The van der Waals surface area contributed by atoms with E-state index in [2.05, 4.69) is 21.2 Å². The normalized spacial score (nSPS) is 10.2. The lowest BCUT2D eigenvalue weighted by Gasteiger charge is -2.12. The van der Waals surface area contributed by atoms with Gasteiger partial charge in [0.05, 0.1) is 18.9 Å². The third-order valence-corrected chi connectivity index (χ3v) is 2.45. The molecule has 0 atom stereocenters. The number of esters is 1. The smallest absolute Gasteiger partial charge is 0.325 e. The number of hydrogen-bond acceptors (Lipinski definition) is 4. The van der Waals surface area contributed by atoms with Gasteiger partial charge >= 0.3 is 5.97 Å². The Morgan fingerprint density at radius 2 is 2.18 bits per heavy atom. The average Bonchev–Trinajstić information content (AvgIpc) is 2.25. The van der Waals surface area contributed by atoms with Crippen LogP contribution in [0.4, 0.5) is 5.69 Å². The van der Waals surface area contributed by atoms with Gasteiger partial charge in [-0.25, -0.2) is 0 Å². The number of carbonyl (C=O) groups is 1. The molecular formula is C12H16BrNO3. The van der Waals surface area contributed by atoms with Crippen LogP contribution in [0.25, 0.3) is 0 Å². The molecular weight excluding hydrogens is 286 g/mol. The highest BCUT2D eigenvalue weighted by Crippen LogP contribution is 2.27. The van der Waals surface area contributed by atoms with Crippen molar-refractivity contribution >= 4 is 27.6 Å². The molecule has 0 spiro atoms. The van der Waals surface area contributed by atoms with Gasteiger partial charge in [-0.15, -0.1) is 0 Å². The van der Waals surface area contributed by atoms with Crippen molar-refractivity contribution in [2.24, 2.45) is 0 Å². The largest absolute Gasteiger partial charge is 0.495 e. The Hall–Kier alpha value is -1.23. The summed E-state index contributed by atoms with van der Waals surface area (Å²) in [5.41, 5.74) is 0.752. The maximum Gasteiger partial charge on any atom is 0.325 e. The molecule has 0 radical (unpaired) electrons. The van der Waals surface area contributed by atoms with E-state index in [1.807, 2.05) is 32.0 Å². The Balaban J connectivity index is 2.62. The first-order valence-corrected chi connectivity index (χ1v) is 6.09. The molecule has 0 aromatic heterocycles. The molecule has 0 aliphatic rings. The van der Waals surface area contributed by atoms with Gasteiger partial charge in [-0.1, -0.05) is 15.9 Å². The highest BCUT2D eigenvalue weighted by atomic mass is 79.9. The number of rotatable bonds is 5. The minimum Gasteiger partial charge on any atom is -0.495 e. The van der Waals surface area contributed by atoms with E-state index in [9.17, 15) is 4.79 Å². The minimum absolute atomic E-state index is 0.103. The second-order valence-electron chi connectivity index (χ2n) is 3.74. The van der Waals surface area contributed by atoms with Crippen LogP contribution < -0.4 is 10.1 Å². The zero-order chi connectivity index (χ0) is 12.8. The molecule has 1 aromatic carbocycles. The van der Waals surface area contributed by atoms with Crippen molar-refractivity contribution in [3.63, 3.8) is 0 Å². The first kappa shape index (κ1) is 13.8. The van der Waals surface area contributed by atoms with Crippen molar-refractivity contribution in [3.8, 4) is 5.75 Å². The van der Waals surface area contributed by atoms with E-state index in [4.69, 9.17) is 9.47 Å². The molecule has 5 heteroatoms. The van der Waals surface area contributed by atoms with Gasteiger partial charge in [0.1, 0.15) is 12.3 Å². The Morgan fingerprint density at radius 1 is 1.47 bits per heavy atom. The molecule has 94 valence electrons. The first-order chi connectivity index (χ1) is 8.02. The predicted octanol–water partition coefficient (Wildman–Crippen LogP) is 2.82. The number of anilines is 1. The highest BCUT2D eigenvalue weighted by Gasteiger charge is 2.08. The molecule has 1 N–H and O–H groups in total. The summed E-state index contributed by atoms with van der Waals surface area (Å²) < 4.78 is 11.1. The van der Waals surface area contributed by atoms with Gasteiger partial charge in [-0.2, -0.15) is 0 Å². The lowest BCUT2D eigenvalue weighted by atomic mass is 10.3. The van der Waals surface area contributed by atoms with Crippen LogP contribution in [0.15, 0.2) is 22.7 Å². The summed E-state index contributed by atoms with van der Waals surface area (Å²) in [6.07, 6.45) is -0.103.